The number of morpholine rings is 1. The molecule has 1 unspecified atom stereocenters. The number of thiophene rings is 1. The summed E-state index contributed by atoms with van der Waals surface area (Å²) in [6, 6.07) is 4.58. The Labute approximate surface area is 96.8 Å². The van der Waals surface area contributed by atoms with Crippen LogP contribution in [0.3, 0.4) is 0 Å². The minimum absolute atomic E-state index is 0.0827. The van der Waals surface area contributed by atoms with Gasteiger partial charge in [-0.15, -0.1) is 11.3 Å². The van der Waals surface area contributed by atoms with Crippen LogP contribution >= 0.6 is 27.3 Å². The van der Waals surface area contributed by atoms with Crippen LogP contribution in [0.2, 0.25) is 0 Å². The third-order valence-corrected chi connectivity index (χ3v) is 3.99. The van der Waals surface area contributed by atoms with Crippen LogP contribution in [-0.4, -0.2) is 18.8 Å². The second kappa shape index (κ2) is 3.93. The van der Waals surface area contributed by atoms with Gasteiger partial charge in [-0.3, -0.25) is 0 Å². The first kappa shape index (κ1) is 10.6. The van der Waals surface area contributed by atoms with Crippen LogP contribution in [0.1, 0.15) is 24.8 Å². The molecule has 2 nitrogen and oxygen atoms in total. The molecule has 0 saturated carbocycles. The van der Waals surface area contributed by atoms with Crippen molar-refractivity contribution in [1.82, 2.24) is 5.32 Å². The molecular formula is C10H14BrNOS. The Balaban J connectivity index is 2.12. The number of halogens is 1. The lowest BCUT2D eigenvalue weighted by atomic mass is 10.0. The lowest BCUT2D eigenvalue weighted by Gasteiger charge is -2.36. The molecule has 1 saturated heterocycles. The lowest BCUT2D eigenvalue weighted by Crippen LogP contribution is -2.51. The SMILES string of the molecule is CC1(C)COCC(c2ccc(Br)s2)N1. The van der Waals surface area contributed by atoms with Crippen molar-refractivity contribution in [2.24, 2.45) is 0 Å². The van der Waals surface area contributed by atoms with Crippen LogP contribution in [0.25, 0.3) is 0 Å². The first-order valence-corrected chi connectivity index (χ1v) is 6.28. The molecule has 4 heteroatoms. The van der Waals surface area contributed by atoms with Gasteiger partial charge in [0.25, 0.3) is 0 Å². The average molecular weight is 276 g/mol. The number of hydrogen-bond donors (Lipinski definition) is 1. The largest absolute Gasteiger partial charge is 0.378 e. The Morgan fingerprint density at radius 3 is 2.93 bits per heavy atom. The van der Waals surface area contributed by atoms with E-state index in [4.69, 9.17) is 4.74 Å². The van der Waals surface area contributed by atoms with Crippen LogP contribution in [0, 0.1) is 0 Å². The van der Waals surface area contributed by atoms with Crippen molar-refractivity contribution < 1.29 is 4.74 Å². The fourth-order valence-electron chi connectivity index (χ4n) is 1.66. The van der Waals surface area contributed by atoms with Gasteiger partial charge in [0.05, 0.1) is 23.0 Å². The number of hydrogen-bond acceptors (Lipinski definition) is 3. The summed E-state index contributed by atoms with van der Waals surface area (Å²) in [4.78, 5) is 1.34. The molecule has 0 radical (unpaired) electrons. The number of rotatable bonds is 1. The molecule has 1 N–H and O–H groups in total. The van der Waals surface area contributed by atoms with Crippen LogP contribution in [0.4, 0.5) is 0 Å². The molecular weight excluding hydrogens is 262 g/mol. The summed E-state index contributed by atoms with van der Waals surface area (Å²) in [5.74, 6) is 0. The third-order valence-electron chi connectivity index (χ3n) is 2.25. The predicted octanol–water partition coefficient (Wildman–Crippen LogP) is 2.95. The second-order valence-corrected chi connectivity index (χ2v) is 6.73. The Morgan fingerprint density at radius 1 is 1.57 bits per heavy atom. The molecule has 1 aromatic heterocycles. The maximum absolute atomic E-state index is 5.59. The highest BCUT2D eigenvalue weighted by molar-refractivity contribution is 9.11. The second-order valence-electron chi connectivity index (χ2n) is 4.24. The minimum Gasteiger partial charge on any atom is -0.378 e. The Bertz CT molecular complexity index is 324. The summed E-state index contributed by atoms with van der Waals surface area (Å²) in [7, 11) is 0. The molecule has 1 aliphatic rings. The fourth-order valence-corrected chi connectivity index (χ4v) is 3.12. The summed E-state index contributed by atoms with van der Waals surface area (Å²) in [5.41, 5.74) is 0.0827. The van der Waals surface area contributed by atoms with Crippen LogP contribution in [0.5, 0.6) is 0 Å². The zero-order valence-corrected chi connectivity index (χ0v) is 10.7. The molecule has 14 heavy (non-hydrogen) atoms. The molecule has 2 rings (SSSR count). The van der Waals surface area contributed by atoms with E-state index in [1.54, 1.807) is 11.3 Å². The highest BCUT2D eigenvalue weighted by Gasteiger charge is 2.29. The van der Waals surface area contributed by atoms with Gasteiger partial charge >= 0.3 is 0 Å². The van der Waals surface area contributed by atoms with E-state index in [9.17, 15) is 0 Å². The average Bonchev–Trinajstić information content (AvgIpc) is 2.50. The van der Waals surface area contributed by atoms with Gasteiger partial charge in [-0.2, -0.15) is 0 Å². The lowest BCUT2D eigenvalue weighted by molar-refractivity contribution is 0.0136. The molecule has 0 spiro atoms. The Morgan fingerprint density at radius 2 is 2.36 bits per heavy atom. The van der Waals surface area contributed by atoms with E-state index in [-0.39, 0.29) is 5.54 Å². The van der Waals surface area contributed by atoms with E-state index in [1.165, 1.54) is 8.66 Å². The van der Waals surface area contributed by atoms with Gasteiger partial charge in [0.15, 0.2) is 0 Å². The van der Waals surface area contributed by atoms with Gasteiger partial charge in [0, 0.05) is 10.4 Å². The van der Waals surface area contributed by atoms with Gasteiger partial charge < -0.3 is 10.1 Å². The van der Waals surface area contributed by atoms with Crippen molar-refractivity contribution in [3.8, 4) is 0 Å². The first-order valence-electron chi connectivity index (χ1n) is 4.67. The highest BCUT2D eigenvalue weighted by atomic mass is 79.9. The van der Waals surface area contributed by atoms with Crippen LogP contribution in [0.15, 0.2) is 15.9 Å². The van der Waals surface area contributed by atoms with Gasteiger partial charge in [-0.25, -0.2) is 0 Å². The number of nitrogens with one attached hydrogen (secondary N) is 1. The van der Waals surface area contributed by atoms with E-state index in [0.29, 0.717) is 6.04 Å². The van der Waals surface area contributed by atoms with E-state index < -0.39 is 0 Å². The van der Waals surface area contributed by atoms with E-state index in [2.05, 4.69) is 47.2 Å². The molecule has 1 aliphatic heterocycles. The normalized spacial score (nSPS) is 26.4. The maximum atomic E-state index is 5.59. The van der Waals surface area contributed by atoms with Crippen LogP contribution in [-0.2, 0) is 4.74 Å². The van der Waals surface area contributed by atoms with Crippen molar-refractivity contribution in [3.05, 3.63) is 20.8 Å². The summed E-state index contributed by atoms with van der Waals surface area (Å²) >= 11 is 5.25. The molecule has 2 heterocycles. The molecule has 0 bridgehead atoms. The molecule has 78 valence electrons. The molecule has 1 fully saturated rings. The topological polar surface area (TPSA) is 21.3 Å². The van der Waals surface area contributed by atoms with E-state index in [1.807, 2.05) is 0 Å². The van der Waals surface area contributed by atoms with Gasteiger partial charge in [-0.05, 0) is 41.9 Å². The van der Waals surface area contributed by atoms with Gasteiger partial charge in [0.1, 0.15) is 0 Å². The van der Waals surface area contributed by atoms with Crippen molar-refractivity contribution in [2.75, 3.05) is 13.2 Å². The minimum atomic E-state index is 0.0827. The third kappa shape index (κ3) is 2.37. The van der Waals surface area contributed by atoms with E-state index >= 15 is 0 Å². The Hall–Kier alpha value is 0.1000. The van der Waals surface area contributed by atoms with E-state index in [0.717, 1.165) is 13.2 Å². The summed E-state index contributed by atoms with van der Waals surface area (Å²) in [6.07, 6.45) is 0. The monoisotopic (exact) mass is 275 g/mol. The first-order chi connectivity index (χ1) is 6.57. The highest BCUT2D eigenvalue weighted by Crippen LogP contribution is 2.30. The zero-order valence-electron chi connectivity index (χ0n) is 8.34. The van der Waals surface area contributed by atoms with Gasteiger partial charge in [-0.1, -0.05) is 0 Å². The Kier molecular flexibility index (Phi) is 2.98. The standard InChI is InChI=1S/C10H14BrNOS/c1-10(2)6-13-5-7(12-10)8-3-4-9(11)14-8/h3-4,7,12H,5-6H2,1-2H3. The maximum Gasteiger partial charge on any atom is 0.0702 e. The molecule has 1 atom stereocenters. The summed E-state index contributed by atoms with van der Waals surface area (Å²) in [6.45, 7) is 5.90. The molecule has 1 aromatic rings. The predicted molar refractivity (Wildman–Crippen MR) is 62.8 cm³/mol. The number of ether oxygens (including phenoxy) is 1. The van der Waals surface area contributed by atoms with Crippen LogP contribution < -0.4 is 5.32 Å². The summed E-state index contributed by atoms with van der Waals surface area (Å²) < 4.78 is 6.77. The van der Waals surface area contributed by atoms with Crippen molar-refractivity contribution >= 4 is 27.3 Å². The fraction of sp³-hybridized carbons (Fsp3) is 0.600. The van der Waals surface area contributed by atoms with Gasteiger partial charge in [0.2, 0.25) is 0 Å². The molecule has 0 amide bonds. The molecule has 0 aliphatic carbocycles. The smallest absolute Gasteiger partial charge is 0.0702 e. The zero-order chi connectivity index (χ0) is 10.2. The van der Waals surface area contributed by atoms with Crippen molar-refractivity contribution in [1.29, 1.82) is 0 Å². The van der Waals surface area contributed by atoms with Crippen molar-refractivity contribution in [3.63, 3.8) is 0 Å². The van der Waals surface area contributed by atoms with Crippen molar-refractivity contribution in [2.45, 2.75) is 25.4 Å². The summed E-state index contributed by atoms with van der Waals surface area (Å²) in [5, 5.41) is 3.59. The quantitative estimate of drug-likeness (QED) is 0.851. The molecule has 0 aromatic carbocycles.